The van der Waals surface area contributed by atoms with Gasteiger partial charge in [0.1, 0.15) is 23.4 Å². The fraction of sp³-hybridized carbons (Fsp3) is 0.511. The third kappa shape index (κ3) is 12.5. The quantitative estimate of drug-likeness (QED) is 0.0173. The Kier molecular flexibility index (Phi) is 17.1. The minimum absolute atomic E-state index is 0.0168. The van der Waals surface area contributed by atoms with Crippen LogP contribution in [0.25, 0.3) is 0 Å². The van der Waals surface area contributed by atoms with E-state index in [1.165, 1.54) is 78.4 Å². The highest BCUT2D eigenvalue weighted by Crippen LogP contribution is 2.66. The van der Waals surface area contributed by atoms with Gasteiger partial charge in [-0.1, -0.05) is 29.4 Å². The molecule has 362 valence electrons. The Balaban J connectivity index is 1.06. The van der Waals surface area contributed by atoms with E-state index in [0.717, 1.165) is 12.0 Å². The minimum Gasteiger partial charge on any atom is -0.493 e. The maximum Gasteiger partial charge on any atom is 0.412 e. The Morgan fingerprint density at radius 3 is 2.13 bits per heavy atom. The van der Waals surface area contributed by atoms with E-state index in [1.54, 1.807) is 20.8 Å². The molecule has 4 N–H and O–H groups in total. The summed E-state index contributed by atoms with van der Waals surface area (Å²) in [5.74, 6) is 0.0904. The number of methoxy groups -OCH3 is 2. The van der Waals surface area contributed by atoms with Gasteiger partial charge in [0.15, 0.2) is 34.6 Å². The molecular weight excluding hydrogens is 909 g/mol. The van der Waals surface area contributed by atoms with Crippen LogP contribution in [-0.2, 0) is 9.47 Å². The lowest BCUT2D eigenvalue weighted by Crippen LogP contribution is -2.28. The molecule has 1 aromatic heterocycles. The molecule has 3 saturated carbocycles. The Bertz CT molecular complexity index is 2320. The second-order valence-corrected chi connectivity index (χ2v) is 20.1. The molecule has 3 aliphatic carbocycles. The van der Waals surface area contributed by atoms with Crippen molar-refractivity contribution >= 4 is 62.4 Å². The highest BCUT2D eigenvalue weighted by atomic mass is 33.1. The van der Waals surface area contributed by atoms with Crippen LogP contribution in [0.4, 0.5) is 26.7 Å². The lowest BCUT2D eigenvalue weighted by molar-refractivity contribution is -0.385. The van der Waals surface area contributed by atoms with Gasteiger partial charge in [0, 0.05) is 53.5 Å². The third-order valence-corrected chi connectivity index (χ3v) is 14.2. The van der Waals surface area contributed by atoms with Gasteiger partial charge >= 0.3 is 12.2 Å². The molecule has 0 bridgehead atoms. The highest BCUT2D eigenvalue weighted by molar-refractivity contribution is 8.76. The average molecular weight is 967 g/mol. The zero-order valence-electron chi connectivity index (χ0n) is 38.3. The van der Waals surface area contributed by atoms with Crippen LogP contribution in [0.3, 0.4) is 0 Å². The number of rotatable bonds is 23. The lowest BCUT2D eigenvalue weighted by atomic mass is 9.88. The van der Waals surface area contributed by atoms with Crippen LogP contribution in [0, 0.1) is 33.3 Å². The molecule has 3 aliphatic rings. The summed E-state index contributed by atoms with van der Waals surface area (Å²) in [6.45, 7) is 9.59. The molecule has 0 radical (unpaired) electrons. The number of carbonyl (C=O) groups excluding carboxylic acids is 4. The number of ketones is 2. The Labute approximate surface area is 396 Å². The van der Waals surface area contributed by atoms with E-state index in [0.29, 0.717) is 61.5 Å². The molecule has 6 rings (SSSR count). The fourth-order valence-corrected chi connectivity index (χ4v) is 10.3. The first-order valence-electron chi connectivity index (χ1n) is 22.1. The lowest BCUT2D eigenvalue weighted by Gasteiger charge is -2.22. The number of hydrogen-bond donors (Lipinski definition) is 4. The van der Waals surface area contributed by atoms with Gasteiger partial charge < -0.3 is 38.6 Å². The first kappa shape index (κ1) is 50.8. The summed E-state index contributed by atoms with van der Waals surface area (Å²) in [7, 11) is 5.52. The molecule has 3 aromatic rings. The molecule has 18 nitrogen and oxygen atoms in total. The molecule has 5 atom stereocenters. The number of aromatic nitrogens is 1. The standard InChI is InChI=1S/C47H58N4O14S2/c1-27-19-33-43(55)47(33,24-27)42(54)32-21-37(61-6)39(23-35(32)50-45(57)65-46(2,3)4)63-16-9-7-8-15-62-38-22-34(31(20-36(38)60-5)41(53)30-12-10-11-28(30)26-52)49-44(56)64-17-18-66-67-40-14-13-29(25-48-40)51(58)59/h13-14,20-23,25,28,30,33,43,52,55H,1,7-12,15-19,24,26H2,2-6H3,(H,49,56)(H,50,57)/t28-,30?,33-,43?,47-/m0/s1. The maximum atomic E-state index is 14.1. The summed E-state index contributed by atoms with van der Waals surface area (Å²) >= 11 is 0. The van der Waals surface area contributed by atoms with Crippen molar-refractivity contribution in [1.82, 2.24) is 4.98 Å². The van der Waals surface area contributed by atoms with Gasteiger partial charge in [0.25, 0.3) is 5.69 Å². The number of aliphatic hydroxyl groups excluding tert-OH is 2. The van der Waals surface area contributed by atoms with Crippen molar-refractivity contribution in [1.29, 1.82) is 0 Å². The summed E-state index contributed by atoms with van der Waals surface area (Å²) in [4.78, 5) is 68.4. The summed E-state index contributed by atoms with van der Waals surface area (Å²) in [6, 6.07) is 9.00. The monoisotopic (exact) mass is 966 g/mol. The number of carbonyl (C=O) groups is 4. The van der Waals surface area contributed by atoms with Gasteiger partial charge in [-0.25, -0.2) is 14.6 Å². The summed E-state index contributed by atoms with van der Waals surface area (Å²) in [6.07, 6.45) is 3.65. The van der Waals surface area contributed by atoms with Gasteiger partial charge in [-0.3, -0.25) is 30.3 Å². The molecule has 1 heterocycles. The number of anilines is 2. The van der Waals surface area contributed by atoms with E-state index >= 15 is 0 Å². The number of Topliss-reactive ketones (excluding diaryl/α,β-unsaturated/α-hetero) is 2. The van der Waals surface area contributed by atoms with Crippen molar-refractivity contribution in [3.63, 3.8) is 0 Å². The highest BCUT2D eigenvalue weighted by Gasteiger charge is 2.71. The number of amides is 2. The van der Waals surface area contributed by atoms with Gasteiger partial charge in [-0.15, -0.1) is 0 Å². The van der Waals surface area contributed by atoms with Gasteiger partial charge in [0.05, 0.1) is 55.3 Å². The van der Waals surface area contributed by atoms with Crippen LogP contribution in [-0.4, -0.2) is 102 Å². The van der Waals surface area contributed by atoms with E-state index in [1.807, 2.05) is 0 Å². The van der Waals surface area contributed by atoms with Crippen molar-refractivity contribution < 1.29 is 62.7 Å². The molecule has 0 saturated heterocycles. The number of ether oxygens (including phenoxy) is 6. The van der Waals surface area contributed by atoms with E-state index in [2.05, 4.69) is 22.2 Å². The zero-order chi connectivity index (χ0) is 48.5. The Morgan fingerprint density at radius 2 is 1.55 bits per heavy atom. The fourth-order valence-electron chi connectivity index (χ4n) is 8.62. The van der Waals surface area contributed by atoms with Gasteiger partial charge in [-0.2, -0.15) is 0 Å². The van der Waals surface area contributed by atoms with Crippen molar-refractivity contribution in [2.75, 3.05) is 57.0 Å². The van der Waals surface area contributed by atoms with Crippen molar-refractivity contribution in [2.24, 2.45) is 23.2 Å². The minimum atomic E-state index is -0.997. The number of pyridine rings is 1. The van der Waals surface area contributed by atoms with Crippen LogP contribution >= 0.6 is 21.6 Å². The Morgan fingerprint density at radius 1 is 0.910 bits per heavy atom. The number of aliphatic hydroxyl groups is 2. The van der Waals surface area contributed by atoms with E-state index in [9.17, 15) is 39.5 Å². The zero-order valence-corrected chi connectivity index (χ0v) is 39.9. The second-order valence-electron chi connectivity index (χ2n) is 17.7. The Hall–Kier alpha value is -5.57. The number of benzene rings is 2. The van der Waals surface area contributed by atoms with E-state index in [4.69, 9.17) is 28.4 Å². The molecule has 0 spiro atoms. The molecular formula is C47H58N4O14S2. The number of fused-ring (bicyclic) bond motifs is 1. The predicted molar refractivity (Wildman–Crippen MR) is 252 cm³/mol. The normalized spacial score (nSPS) is 20.6. The van der Waals surface area contributed by atoms with Crippen molar-refractivity contribution in [2.45, 2.75) is 88.9 Å². The second kappa shape index (κ2) is 22.5. The van der Waals surface area contributed by atoms with Crippen LogP contribution in [0.5, 0.6) is 23.0 Å². The first-order valence-corrected chi connectivity index (χ1v) is 24.4. The number of allylic oxidation sites excluding steroid dienone is 1. The maximum absolute atomic E-state index is 14.1. The number of nitro groups is 1. The molecule has 67 heavy (non-hydrogen) atoms. The molecule has 3 fully saturated rings. The average Bonchev–Trinajstić information content (AvgIpc) is 3.60. The number of hydrogen-bond acceptors (Lipinski definition) is 17. The van der Waals surface area contributed by atoms with Crippen LogP contribution in [0.1, 0.15) is 92.9 Å². The molecule has 2 unspecified atom stereocenters. The molecule has 2 amide bonds. The molecule has 0 aliphatic heterocycles. The van der Waals surface area contributed by atoms with E-state index < -0.39 is 40.1 Å². The smallest absolute Gasteiger partial charge is 0.412 e. The van der Waals surface area contributed by atoms with Gasteiger partial charge in [0.2, 0.25) is 0 Å². The van der Waals surface area contributed by atoms with Crippen molar-refractivity contribution in [3.05, 3.63) is 76.0 Å². The first-order chi connectivity index (χ1) is 32.0. The molecule has 2 aromatic carbocycles. The third-order valence-electron chi connectivity index (χ3n) is 11.9. The summed E-state index contributed by atoms with van der Waals surface area (Å²) in [5.41, 5.74) is -0.309. The largest absolute Gasteiger partial charge is 0.493 e. The topological polar surface area (TPSA) is 244 Å². The molecule has 20 heteroatoms. The predicted octanol–water partition coefficient (Wildman–Crippen LogP) is 9.07. The SMILES string of the molecule is C=C1C[C@H]2C(O)[C@@]2(C(=O)c2cc(OC)c(OCCCCCOc3cc(NC(=O)OCCSSc4ccc([N+](=O)[O-])cn4)c(C(=O)C4CCC[C@H]4CO)cc3OC)cc2NC(=O)OC(C)(C)C)C1. The van der Waals surface area contributed by atoms with Crippen LogP contribution < -0.4 is 29.6 Å². The van der Waals surface area contributed by atoms with Gasteiger partial charge in [-0.05, 0) is 101 Å². The van der Waals surface area contributed by atoms with Crippen molar-refractivity contribution in [3.8, 4) is 23.0 Å². The number of nitrogens with zero attached hydrogens (tertiary/aromatic N) is 2. The summed E-state index contributed by atoms with van der Waals surface area (Å²) < 4.78 is 34.4. The van der Waals surface area contributed by atoms with Crippen LogP contribution in [0.2, 0.25) is 0 Å². The van der Waals surface area contributed by atoms with E-state index in [-0.39, 0.29) is 95.3 Å². The van der Waals surface area contributed by atoms with Crippen LogP contribution in [0.15, 0.2) is 59.8 Å². The number of nitrogens with one attached hydrogen (secondary N) is 2. The number of unbranched alkanes of at least 4 members (excludes halogenated alkanes) is 2. The summed E-state index contributed by atoms with van der Waals surface area (Å²) in [5, 5.41) is 37.6.